The van der Waals surface area contributed by atoms with Gasteiger partial charge in [0.15, 0.2) is 0 Å². The predicted molar refractivity (Wildman–Crippen MR) is 96.4 cm³/mol. The highest BCUT2D eigenvalue weighted by Gasteiger charge is 2.34. The molecule has 0 spiro atoms. The molecule has 0 atom stereocenters. The quantitative estimate of drug-likeness (QED) is 0.510. The number of aromatic nitrogens is 4. The van der Waals surface area contributed by atoms with Gasteiger partial charge in [0.25, 0.3) is 11.8 Å². The fourth-order valence-corrected chi connectivity index (χ4v) is 3.68. The summed E-state index contributed by atoms with van der Waals surface area (Å²) in [7, 11) is 0. The Hall–Kier alpha value is -3.00. The summed E-state index contributed by atoms with van der Waals surface area (Å²) in [5.74, 6) is 0.0199. The molecule has 2 amide bonds. The van der Waals surface area contributed by atoms with Crippen LogP contribution in [-0.4, -0.2) is 49.2 Å². The lowest BCUT2D eigenvalue weighted by Gasteiger charge is -2.13. The summed E-state index contributed by atoms with van der Waals surface area (Å²) in [6.45, 7) is 2.31. The van der Waals surface area contributed by atoms with Gasteiger partial charge in [-0.15, -0.1) is 5.10 Å². The molecular weight excluding hydrogens is 350 g/mol. The molecule has 0 radical (unpaired) electrons. The summed E-state index contributed by atoms with van der Waals surface area (Å²) in [5.41, 5.74) is 2.91. The molecule has 2 aromatic carbocycles. The Bertz CT molecular complexity index is 966. The van der Waals surface area contributed by atoms with Crippen molar-refractivity contribution in [2.45, 2.75) is 12.1 Å². The van der Waals surface area contributed by atoms with Gasteiger partial charge < -0.3 is 0 Å². The Labute approximate surface area is 154 Å². The fraction of sp³-hybridized carbons (Fsp3) is 0.167. The number of benzene rings is 2. The van der Waals surface area contributed by atoms with Crippen molar-refractivity contribution in [3.05, 3.63) is 65.2 Å². The molecule has 0 saturated carbocycles. The van der Waals surface area contributed by atoms with Crippen molar-refractivity contribution in [1.82, 2.24) is 25.1 Å². The summed E-state index contributed by atoms with van der Waals surface area (Å²) < 4.78 is 1.65. The summed E-state index contributed by atoms with van der Waals surface area (Å²) in [6, 6.07) is 14.8. The van der Waals surface area contributed by atoms with Crippen LogP contribution in [0.3, 0.4) is 0 Å². The Balaban J connectivity index is 1.45. The molecular formula is C18H15N5O2S. The number of hydrogen-bond acceptors (Lipinski definition) is 6. The van der Waals surface area contributed by atoms with Crippen LogP contribution < -0.4 is 0 Å². The van der Waals surface area contributed by atoms with Crippen LogP contribution in [0.5, 0.6) is 0 Å². The SMILES string of the molecule is Cc1cccc(-n2nnnc2SCCN2C(=O)c3ccccc3C2=O)c1. The maximum atomic E-state index is 12.4. The number of fused-ring (bicyclic) bond motifs is 1. The first kappa shape index (κ1) is 16.5. The van der Waals surface area contributed by atoms with E-state index in [0.29, 0.717) is 28.6 Å². The van der Waals surface area contributed by atoms with Crippen molar-refractivity contribution in [1.29, 1.82) is 0 Å². The monoisotopic (exact) mass is 365 g/mol. The average molecular weight is 365 g/mol. The van der Waals surface area contributed by atoms with Crippen LogP contribution in [0.4, 0.5) is 0 Å². The van der Waals surface area contributed by atoms with Crippen molar-refractivity contribution in [2.75, 3.05) is 12.3 Å². The first-order valence-electron chi connectivity index (χ1n) is 8.08. The third kappa shape index (κ3) is 2.88. The fourth-order valence-electron chi connectivity index (χ4n) is 2.86. The molecule has 1 aromatic heterocycles. The lowest BCUT2D eigenvalue weighted by atomic mass is 10.1. The molecule has 3 aromatic rings. The summed E-state index contributed by atoms with van der Waals surface area (Å²) in [4.78, 5) is 26.0. The molecule has 0 bridgehead atoms. The van der Waals surface area contributed by atoms with Gasteiger partial charge in [0.2, 0.25) is 5.16 Å². The number of amides is 2. The maximum absolute atomic E-state index is 12.4. The lowest BCUT2D eigenvalue weighted by molar-refractivity contribution is 0.0664. The molecule has 0 unspecified atom stereocenters. The molecule has 130 valence electrons. The molecule has 26 heavy (non-hydrogen) atoms. The van der Waals surface area contributed by atoms with E-state index in [4.69, 9.17) is 0 Å². The number of hydrogen-bond donors (Lipinski definition) is 0. The van der Waals surface area contributed by atoms with Crippen LogP contribution in [0.2, 0.25) is 0 Å². The van der Waals surface area contributed by atoms with Gasteiger partial charge in [-0.25, -0.2) is 0 Å². The first-order valence-corrected chi connectivity index (χ1v) is 9.07. The lowest BCUT2D eigenvalue weighted by Crippen LogP contribution is -2.31. The number of tetrazole rings is 1. The zero-order valence-electron chi connectivity index (χ0n) is 14.0. The number of imide groups is 1. The summed E-state index contributed by atoms with van der Waals surface area (Å²) in [5, 5.41) is 12.4. The molecule has 0 fully saturated rings. The van der Waals surface area contributed by atoms with Gasteiger partial charge in [0, 0.05) is 12.3 Å². The van der Waals surface area contributed by atoms with E-state index in [0.717, 1.165) is 11.3 Å². The van der Waals surface area contributed by atoms with Crippen LogP contribution in [0.15, 0.2) is 53.7 Å². The first-order chi connectivity index (χ1) is 12.6. The second-order valence-electron chi connectivity index (χ2n) is 5.87. The van der Waals surface area contributed by atoms with Crippen LogP contribution in [-0.2, 0) is 0 Å². The average Bonchev–Trinajstić information content (AvgIpc) is 3.21. The number of rotatable bonds is 5. The second kappa shape index (κ2) is 6.72. The standard InChI is InChI=1S/C18H15N5O2S/c1-12-5-4-6-13(11-12)23-18(19-20-21-23)26-10-9-22-16(24)14-7-2-3-8-15(14)17(22)25/h2-8,11H,9-10H2,1H3. The Morgan fingerprint density at radius 2 is 1.73 bits per heavy atom. The molecule has 1 aliphatic heterocycles. The molecule has 0 saturated heterocycles. The predicted octanol–water partition coefficient (Wildman–Crippen LogP) is 2.36. The highest BCUT2D eigenvalue weighted by atomic mass is 32.2. The number of aryl methyl sites for hydroxylation is 1. The molecule has 8 heteroatoms. The van der Waals surface area contributed by atoms with Crippen LogP contribution >= 0.6 is 11.8 Å². The number of thioether (sulfide) groups is 1. The van der Waals surface area contributed by atoms with E-state index in [9.17, 15) is 9.59 Å². The molecule has 0 aliphatic carbocycles. The molecule has 4 rings (SSSR count). The van der Waals surface area contributed by atoms with E-state index < -0.39 is 0 Å². The maximum Gasteiger partial charge on any atom is 0.261 e. The van der Waals surface area contributed by atoms with Crippen molar-refractivity contribution in [3.63, 3.8) is 0 Å². The minimum atomic E-state index is -0.246. The van der Waals surface area contributed by atoms with Crippen molar-refractivity contribution < 1.29 is 9.59 Å². The van der Waals surface area contributed by atoms with Crippen molar-refractivity contribution >= 4 is 23.6 Å². The van der Waals surface area contributed by atoms with Gasteiger partial charge in [-0.3, -0.25) is 14.5 Å². The van der Waals surface area contributed by atoms with E-state index >= 15 is 0 Å². The van der Waals surface area contributed by atoms with Gasteiger partial charge in [0.1, 0.15) is 0 Å². The van der Waals surface area contributed by atoms with Crippen molar-refractivity contribution in [2.24, 2.45) is 0 Å². The van der Waals surface area contributed by atoms with Gasteiger partial charge in [-0.1, -0.05) is 36.0 Å². The minimum Gasteiger partial charge on any atom is -0.273 e. The molecule has 1 aliphatic rings. The van der Waals surface area contributed by atoms with E-state index in [-0.39, 0.29) is 11.8 Å². The third-order valence-electron chi connectivity index (χ3n) is 4.11. The van der Waals surface area contributed by atoms with Crippen LogP contribution in [0, 0.1) is 6.92 Å². The van der Waals surface area contributed by atoms with E-state index in [1.165, 1.54) is 16.7 Å². The largest absolute Gasteiger partial charge is 0.273 e. The number of nitrogens with zero attached hydrogens (tertiary/aromatic N) is 5. The van der Waals surface area contributed by atoms with Gasteiger partial charge in [0.05, 0.1) is 16.8 Å². The second-order valence-corrected chi connectivity index (χ2v) is 6.93. The smallest absolute Gasteiger partial charge is 0.261 e. The zero-order chi connectivity index (χ0) is 18.1. The summed E-state index contributed by atoms with van der Waals surface area (Å²) >= 11 is 1.40. The van der Waals surface area contributed by atoms with Gasteiger partial charge >= 0.3 is 0 Å². The molecule has 7 nitrogen and oxygen atoms in total. The van der Waals surface area contributed by atoms with Gasteiger partial charge in [-0.2, -0.15) is 4.68 Å². The molecule has 0 N–H and O–H groups in total. The van der Waals surface area contributed by atoms with Crippen molar-refractivity contribution in [3.8, 4) is 5.69 Å². The highest BCUT2D eigenvalue weighted by molar-refractivity contribution is 7.99. The number of carbonyl (C=O) groups is 2. The Kier molecular flexibility index (Phi) is 4.26. The van der Waals surface area contributed by atoms with E-state index in [1.54, 1.807) is 28.9 Å². The Morgan fingerprint density at radius 1 is 1.00 bits per heavy atom. The van der Waals surface area contributed by atoms with Gasteiger partial charge in [-0.05, 0) is 47.2 Å². The number of carbonyl (C=O) groups excluding carboxylic acids is 2. The molecule has 2 heterocycles. The third-order valence-corrected chi connectivity index (χ3v) is 5.01. The summed E-state index contributed by atoms with van der Waals surface area (Å²) in [6.07, 6.45) is 0. The minimum absolute atomic E-state index is 0.246. The topological polar surface area (TPSA) is 81.0 Å². The zero-order valence-corrected chi connectivity index (χ0v) is 14.8. The highest BCUT2D eigenvalue weighted by Crippen LogP contribution is 2.24. The van der Waals surface area contributed by atoms with E-state index in [2.05, 4.69) is 15.5 Å². The Morgan fingerprint density at radius 3 is 2.42 bits per heavy atom. The van der Waals surface area contributed by atoms with Crippen LogP contribution in [0.1, 0.15) is 26.3 Å². The van der Waals surface area contributed by atoms with E-state index in [1.807, 2.05) is 31.2 Å². The van der Waals surface area contributed by atoms with Crippen LogP contribution in [0.25, 0.3) is 5.69 Å². The normalized spacial score (nSPS) is 13.3.